The van der Waals surface area contributed by atoms with Crippen molar-refractivity contribution in [3.8, 4) is 17.4 Å². The summed E-state index contributed by atoms with van der Waals surface area (Å²) in [5, 5.41) is 21.3. The van der Waals surface area contributed by atoms with Crippen molar-refractivity contribution in [1.82, 2.24) is 5.32 Å². The van der Waals surface area contributed by atoms with Crippen molar-refractivity contribution in [2.45, 2.75) is 6.54 Å². The first-order valence-corrected chi connectivity index (χ1v) is 8.45. The molecule has 0 saturated heterocycles. The Morgan fingerprint density at radius 2 is 1.75 bits per heavy atom. The van der Waals surface area contributed by atoms with Crippen molar-refractivity contribution >= 4 is 18.0 Å². The van der Waals surface area contributed by atoms with Gasteiger partial charge in [0.25, 0.3) is 5.91 Å². The molecule has 1 amide bonds. The number of carbonyl (C=O) groups is 2. The third-order valence-corrected chi connectivity index (χ3v) is 4.00. The fourth-order valence-electron chi connectivity index (χ4n) is 2.62. The lowest BCUT2D eigenvalue weighted by molar-refractivity contribution is -0.117. The summed E-state index contributed by atoms with van der Waals surface area (Å²) >= 11 is 0. The molecule has 1 aromatic heterocycles. The number of nitriles is 1. The zero-order chi connectivity index (χ0) is 19.9. The SMILES string of the molecule is N#C/C(=C\c1ccc(-c2ccccc2C(=O)O)o1)C(=O)NCc1ccccc1. The molecule has 3 aromatic rings. The zero-order valence-corrected chi connectivity index (χ0v) is 14.8. The number of amides is 1. The van der Waals surface area contributed by atoms with Gasteiger partial charge in [0.15, 0.2) is 0 Å². The number of carbonyl (C=O) groups excluding carboxylic acids is 1. The number of furan rings is 1. The van der Waals surface area contributed by atoms with E-state index in [9.17, 15) is 20.0 Å². The Morgan fingerprint density at radius 3 is 2.46 bits per heavy atom. The number of carboxylic acids is 1. The van der Waals surface area contributed by atoms with Crippen molar-refractivity contribution in [1.29, 1.82) is 5.26 Å². The lowest BCUT2D eigenvalue weighted by Gasteiger charge is -2.04. The van der Waals surface area contributed by atoms with Gasteiger partial charge in [0, 0.05) is 18.2 Å². The normalized spacial score (nSPS) is 10.9. The number of hydrogen-bond donors (Lipinski definition) is 2. The van der Waals surface area contributed by atoms with E-state index in [1.807, 2.05) is 36.4 Å². The van der Waals surface area contributed by atoms with Gasteiger partial charge < -0.3 is 14.8 Å². The van der Waals surface area contributed by atoms with Crippen LogP contribution in [0.1, 0.15) is 21.7 Å². The van der Waals surface area contributed by atoms with Crippen LogP contribution in [-0.2, 0) is 11.3 Å². The van der Waals surface area contributed by atoms with Gasteiger partial charge in [-0.15, -0.1) is 0 Å². The maximum atomic E-state index is 12.3. The van der Waals surface area contributed by atoms with Crippen LogP contribution in [0.15, 0.2) is 76.7 Å². The Balaban J connectivity index is 1.78. The summed E-state index contributed by atoms with van der Waals surface area (Å²) in [5.74, 6) is -0.967. The van der Waals surface area contributed by atoms with E-state index in [1.165, 1.54) is 12.1 Å². The van der Waals surface area contributed by atoms with Crippen molar-refractivity contribution in [2.75, 3.05) is 0 Å². The summed E-state index contributed by atoms with van der Waals surface area (Å²) in [6.45, 7) is 0.300. The van der Waals surface area contributed by atoms with E-state index in [0.29, 0.717) is 17.9 Å². The Kier molecular flexibility index (Phi) is 5.68. The van der Waals surface area contributed by atoms with E-state index in [1.54, 1.807) is 30.3 Å². The molecule has 0 saturated carbocycles. The maximum absolute atomic E-state index is 12.3. The highest BCUT2D eigenvalue weighted by Gasteiger charge is 2.15. The summed E-state index contributed by atoms with van der Waals surface area (Å²) in [6, 6.07) is 20.8. The second-order valence-corrected chi connectivity index (χ2v) is 5.89. The number of nitrogens with zero attached hydrogens (tertiary/aromatic N) is 1. The van der Waals surface area contributed by atoms with Crippen molar-refractivity contribution in [3.05, 3.63) is 89.2 Å². The van der Waals surface area contributed by atoms with Crippen LogP contribution in [0.5, 0.6) is 0 Å². The maximum Gasteiger partial charge on any atom is 0.336 e. The molecule has 0 radical (unpaired) electrons. The van der Waals surface area contributed by atoms with Crippen LogP contribution in [0.25, 0.3) is 17.4 Å². The van der Waals surface area contributed by atoms with Gasteiger partial charge in [-0.1, -0.05) is 48.5 Å². The van der Waals surface area contributed by atoms with Crippen LogP contribution in [0.3, 0.4) is 0 Å². The number of rotatable bonds is 6. The molecule has 0 fully saturated rings. The predicted octanol–water partition coefficient (Wildman–Crippen LogP) is 3.87. The number of benzene rings is 2. The number of hydrogen-bond acceptors (Lipinski definition) is 4. The molecule has 1 heterocycles. The average Bonchev–Trinajstić information content (AvgIpc) is 3.19. The van der Waals surface area contributed by atoms with E-state index in [4.69, 9.17) is 4.42 Å². The van der Waals surface area contributed by atoms with Crippen LogP contribution in [0, 0.1) is 11.3 Å². The van der Waals surface area contributed by atoms with Gasteiger partial charge >= 0.3 is 5.97 Å². The molecule has 6 nitrogen and oxygen atoms in total. The lowest BCUT2D eigenvalue weighted by atomic mass is 10.1. The van der Waals surface area contributed by atoms with Crippen LogP contribution in [0.4, 0.5) is 0 Å². The topological polar surface area (TPSA) is 103 Å². The molecule has 2 N–H and O–H groups in total. The van der Waals surface area contributed by atoms with Crippen molar-refractivity contribution in [3.63, 3.8) is 0 Å². The van der Waals surface area contributed by atoms with Crippen molar-refractivity contribution in [2.24, 2.45) is 0 Å². The summed E-state index contributed by atoms with van der Waals surface area (Å²) < 4.78 is 5.63. The third-order valence-electron chi connectivity index (χ3n) is 4.00. The number of nitrogens with one attached hydrogen (secondary N) is 1. The molecule has 3 rings (SSSR count). The first kappa shape index (κ1) is 18.7. The molecule has 0 spiro atoms. The van der Waals surface area contributed by atoms with E-state index < -0.39 is 11.9 Å². The third kappa shape index (κ3) is 4.34. The standard InChI is InChI=1S/C22H16N2O4/c23-13-16(21(25)24-14-15-6-2-1-3-7-15)12-17-10-11-20(28-17)18-8-4-5-9-19(18)22(26)27/h1-12H,14H2,(H,24,25)(H,26,27)/b16-12+. The highest BCUT2D eigenvalue weighted by Crippen LogP contribution is 2.26. The van der Waals surface area contributed by atoms with Gasteiger partial charge in [0.2, 0.25) is 0 Å². The van der Waals surface area contributed by atoms with Crippen LogP contribution < -0.4 is 5.32 Å². The monoisotopic (exact) mass is 372 g/mol. The minimum atomic E-state index is -1.07. The summed E-state index contributed by atoms with van der Waals surface area (Å²) in [5.41, 5.74) is 1.33. The largest absolute Gasteiger partial charge is 0.478 e. The van der Waals surface area contributed by atoms with E-state index in [0.717, 1.165) is 5.56 Å². The molecule has 6 heteroatoms. The summed E-state index contributed by atoms with van der Waals surface area (Å²) in [4.78, 5) is 23.6. The predicted molar refractivity (Wildman–Crippen MR) is 103 cm³/mol. The number of aromatic carboxylic acids is 1. The minimum Gasteiger partial charge on any atom is -0.478 e. The van der Waals surface area contributed by atoms with Gasteiger partial charge in [-0.05, 0) is 23.8 Å². The van der Waals surface area contributed by atoms with Gasteiger partial charge in [0.1, 0.15) is 23.2 Å². The second kappa shape index (κ2) is 8.52. The van der Waals surface area contributed by atoms with Crippen LogP contribution in [-0.4, -0.2) is 17.0 Å². The zero-order valence-electron chi connectivity index (χ0n) is 14.8. The summed E-state index contributed by atoms with van der Waals surface area (Å²) in [7, 11) is 0. The molecule has 0 aliphatic heterocycles. The Bertz CT molecular complexity index is 1080. The Hall–Kier alpha value is -4.11. The van der Waals surface area contributed by atoms with E-state index in [2.05, 4.69) is 5.32 Å². The Labute approximate surface area is 161 Å². The minimum absolute atomic E-state index is 0.105. The van der Waals surface area contributed by atoms with E-state index >= 15 is 0 Å². The molecule has 0 unspecified atom stereocenters. The second-order valence-electron chi connectivity index (χ2n) is 5.89. The van der Waals surface area contributed by atoms with Crippen LogP contribution >= 0.6 is 0 Å². The molecule has 2 aromatic carbocycles. The first-order chi connectivity index (χ1) is 13.6. The lowest BCUT2D eigenvalue weighted by Crippen LogP contribution is -2.23. The molecule has 0 bridgehead atoms. The average molecular weight is 372 g/mol. The molecule has 138 valence electrons. The quantitative estimate of drug-likeness (QED) is 0.505. The van der Waals surface area contributed by atoms with Gasteiger partial charge in [-0.25, -0.2) is 4.79 Å². The molecule has 0 atom stereocenters. The molecule has 0 aliphatic rings. The Morgan fingerprint density at radius 1 is 1.04 bits per heavy atom. The van der Waals surface area contributed by atoms with Gasteiger partial charge in [-0.3, -0.25) is 4.79 Å². The molecular weight excluding hydrogens is 356 g/mol. The molecular formula is C22H16N2O4. The number of carboxylic acid groups (broad SMARTS) is 1. The molecule has 0 aliphatic carbocycles. The van der Waals surface area contributed by atoms with Crippen LogP contribution in [0.2, 0.25) is 0 Å². The smallest absolute Gasteiger partial charge is 0.336 e. The van der Waals surface area contributed by atoms with Crippen molar-refractivity contribution < 1.29 is 19.1 Å². The van der Waals surface area contributed by atoms with Gasteiger partial charge in [-0.2, -0.15) is 5.26 Å². The fourth-order valence-corrected chi connectivity index (χ4v) is 2.62. The van der Waals surface area contributed by atoms with E-state index in [-0.39, 0.29) is 16.9 Å². The van der Waals surface area contributed by atoms with Gasteiger partial charge in [0.05, 0.1) is 5.56 Å². The fraction of sp³-hybridized carbons (Fsp3) is 0.0455. The highest BCUT2D eigenvalue weighted by molar-refractivity contribution is 6.01. The molecule has 28 heavy (non-hydrogen) atoms. The summed E-state index contributed by atoms with van der Waals surface area (Å²) in [6.07, 6.45) is 1.33. The highest BCUT2D eigenvalue weighted by atomic mass is 16.4. The first-order valence-electron chi connectivity index (χ1n) is 8.45.